The fraction of sp³-hybridized carbons (Fsp3) is 0. The van der Waals surface area contributed by atoms with Crippen LogP contribution in [-0.4, -0.2) is 10.1 Å². The summed E-state index contributed by atoms with van der Waals surface area (Å²) in [6.45, 7) is 0. The molecule has 0 saturated carbocycles. The van der Waals surface area contributed by atoms with Crippen molar-refractivity contribution in [3.63, 3.8) is 0 Å². The topological polar surface area (TPSA) is 33.1 Å². The van der Waals surface area contributed by atoms with Crippen molar-refractivity contribution >= 4 is 15.9 Å². The van der Waals surface area contributed by atoms with Gasteiger partial charge in [0, 0.05) is 6.07 Å². The molecule has 1 N–H and O–H groups in total. The second-order valence-electron chi connectivity index (χ2n) is 1.46. The Balaban J connectivity index is 3.17. The monoisotopic (exact) mass is 191 g/mol. The normalized spacial score (nSPS) is 9.56. The van der Waals surface area contributed by atoms with E-state index < -0.39 is 5.82 Å². The van der Waals surface area contributed by atoms with Crippen molar-refractivity contribution in [3.05, 3.63) is 22.7 Å². The molecule has 0 saturated heterocycles. The lowest BCUT2D eigenvalue weighted by Crippen LogP contribution is -1.78. The molecule has 2 nitrogen and oxygen atoms in total. The summed E-state index contributed by atoms with van der Waals surface area (Å²) in [6.07, 6.45) is 1.02. The van der Waals surface area contributed by atoms with Gasteiger partial charge in [0.2, 0.25) is 0 Å². The van der Waals surface area contributed by atoms with Crippen molar-refractivity contribution < 1.29 is 9.50 Å². The molecule has 0 aromatic carbocycles. The lowest BCUT2D eigenvalue weighted by atomic mass is 10.4. The van der Waals surface area contributed by atoms with Crippen molar-refractivity contribution in [2.75, 3.05) is 0 Å². The van der Waals surface area contributed by atoms with Crippen LogP contribution in [0, 0.1) is 5.82 Å². The number of aromatic hydroxyl groups is 1. The predicted molar refractivity (Wildman–Crippen MR) is 33.6 cm³/mol. The molecule has 9 heavy (non-hydrogen) atoms. The Bertz CT molecular complexity index is 228. The van der Waals surface area contributed by atoms with Gasteiger partial charge in [-0.05, 0) is 15.9 Å². The van der Waals surface area contributed by atoms with Gasteiger partial charge >= 0.3 is 0 Å². The van der Waals surface area contributed by atoms with Crippen LogP contribution in [0.2, 0.25) is 0 Å². The fourth-order valence-electron chi connectivity index (χ4n) is 0.412. The van der Waals surface area contributed by atoms with E-state index in [1.807, 2.05) is 0 Å². The molecular formula is C5H3BrFNO. The van der Waals surface area contributed by atoms with Gasteiger partial charge in [-0.25, -0.2) is 9.37 Å². The molecule has 0 unspecified atom stereocenters. The van der Waals surface area contributed by atoms with E-state index in [-0.39, 0.29) is 10.4 Å². The molecular weight excluding hydrogens is 189 g/mol. The van der Waals surface area contributed by atoms with Crippen molar-refractivity contribution in [1.29, 1.82) is 0 Å². The molecule has 0 spiro atoms. The van der Waals surface area contributed by atoms with Crippen LogP contribution in [0.5, 0.6) is 5.75 Å². The van der Waals surface area contributed by atoms with E-state index in [2.05, 4.69) is 20.9 Å². The van der Waals surface area contributed by atoms with Crippen LogP contribution in [0.25, 0.3) is 0 Å². The van der Waals surface area contributed by atoms with Crippen LogP contribution < -0.4 is 0 Å². The summed E-state index contributed by atoms with van der Waals surface area (Å²) in [5.74, 6) is -0.731. The number of aromatic nitrogens is 1. The molecule has 0 fully saturated rings. The second kappa shape index (κ2) is 2.31. The first-order valence-electron chi connectivity index (χ1n) is 2.20. The summed E-state index contributed by atoms with van der Waals surface area (Å²) >= 11 is 2.90. The van der Waals surface area contributed by atoms with Crippen LogP contribution in [0.15, 0.2) is 16.9 Å². The third-order valence-corrected chi connectivity index (χ3v) is 1.40. The Morgan fingerprint density at radius 1 is 1.67 bits per heavy atom. The molecule has 0 radical (unpaired) electrons. The zero-order chi connectivity index (χ0) is 6.85. The minimum atomic E-state index is -0.546. The van der Waals surface area contributed by atoms with Crippen LogP contribution in [0.4, 0.5) is 4.39 Å². The minimum Gasteiger partial charge on any atom is -0.505 e. The maximum absolute atomic E-state index is 12.1. The van der Waals surface area contributed by atoms with E-state index in [1.165, 1.54) is 0 Å². The molecule has 1 rings (SSSR count). The highest BCUT2D eigenvalue weighted by Crippen LogP contribution is 2.19. The van der Waals surface area contributed by atoms with Crippen LogP contribution in [0.1, 0.15) is 0 Å². The number of pyridine rings is 1. The lowest BCUT2D eigenvalue weighted by molar-refractivity contribution is 0.461. The van der Waals surface area contributed by atoms with E-state index in [0.29, 0.717) is 0 Å². The molecule has 0 aliphatic rings. The van der Waals surface area contributed by atoms with Crippen LogP contribution in [-0.2, 0) is 0 Å². The zero-order valence-electron chi connectivity index (χ0n) is 4.31. The van der Waals surface area contributed by atoms with Gasteiger partial charge < -0.3 is 5.11 Å². The molecule has 0 bridgehead atoms. The van der Waals surface area contributed by atoms with Crippen LogP contribution >= 0.6 is 15.9 Å². The number of hydrogen-bond donors (Lipinski definition) is 1. The average Bonchev–Trinajstić information content (AvgIpc) is 1.80. The quantitative estimate of drug-likeness (QED) is 0.634. The molecule has 0 atom stereocenters. The molecule has 0 amide bonds. The molecule has 48 valence electrons. The Labute approximate surface area is 59.5 Å². The summed E-state index contributed by atoms with van der Waals surface area (Å²) in [5.41, 5.74) is 0. The standard InChI is InChI=1S/C5H3BrFNO/c6-5-4(9)1-3(7)2-8-5/h1-2,9H. The molecule has 1 aromatic heterocycles. The van der Waals surface area contributed by atoms with Gasteiger partial charge in [-0.3, -0.25) is 0 Å². The van der Waals surface area contributed by atoms with E-state index in [0.717, 1.165) is 12.3 Å². The summed E-state index contributed by atoms with van der Waals surface area (Å²) in [5, 5.41) is 8.75. The average molecular weight is 192 g/mol. The van der Waals surface area contributed by atoms with E-state index >= 15 is 0 Å². The highest BCUT2D eigenvalue weighted by atomic mass is 79.9. The summed E-state index contributed by atoms with van der Waals surface area (Å²) < 4.78 is 12.4. The first-order valence-corrected chi connectivity index (χ1v) is 2.99. The maximum atomic E-state index is 12.1. The van der Waals surface area contributed by atoms with E-state index in [1.54, 1.807) is 0 Å². The molecule has 1 aromatic rings. The van der Waals surface area contributed by atoms with E-state index in [9.17, 15) is 4.39 Å². The zero-order valence-corrected chi connectivity index (χ0v) is 5.89. The Hall–Kier alpha value is -0.640. The highest BCUT2D eigenvalue weighted by molar-refractivity contribution is 9.10. The Kier molecular flexibility index (Phi) is 1.66. The third kappa shape index (κ3) is 1.38. The van der Waals surface area contributed by atoms with Gasteiger partial charge in [-0.2, -0.15) is 0 Å². The SMILES string of the molecule is Oc1cc(F)cnc1Br. The van der Waals surface area contributed by atoms with Crippen molar-refractivity contribution in [3.8, 4) is 5.75 Å². The predicted octanol–water partition coefficient (Wildman–Crippen LogP) is 1.69. The largest absolute Gasteiger partial charge is 0.505 e. The van der Waals surface area contributed by atoms with Gasteiger partial charge in [-0.15, -0.1) is 0 Å². The maximum Gasteiger partial charge on any atom is 0.151 e. The van der Waals surface area contributed by atoms with Gasteiger partial charge in [0.1, 0.15) is 10.4 Å². The minimum absolute atomic E-state index is 0.185. The van der Waals surface area contributed by atoms with Gasteiger partial charge in [0.05, 0.1) is 6.20 Å². The van der Waals surface area contributed by atoms with Crippen molar-refractivity contribution in [1.82, 2.24) is 4.98 Å². The van der Waals surface area contributed by atoms with Gasteiger partial charge in [-0.1, -0.05) is 0 Å². The van der Waals surface area contributed by atoms with Crippen molar-refractivity contribution in [2.24, 2.45) is 0 Å². The Morgan fingerprint density at radius 2 is 2.33 bits per heavy atom. The highest BCUT2D eigenvalue weighted by Gasteiger charge is 1.97. The smallest absolute Gasteiger partial charge is 0.151 e. The summed E-state index contributed by atoms with van der Waals surface area (Å²) in [7, 11) is 0. The summed E-state index contributed by atoms with van der Waals surface area (Å²) in [6, 6.07) is 0.983. The first kappa shape index (κ1) is 6.48. The number of rotatable bonds is 0. The Morgan fingerprint density at radius 3 is 2.78 bits per heavy atom. The fourth-order valence-corrected chi connectivity index (χ4v) is 0.629. The van der Waals surface area contributed by atoms with Gasteiger partial charge in [0.15, 0.2) is 5.75 Å². The van der Waals surface area contributed by atoms with Gasteiger partial charge in [0.25, 0.3) is 0 Å². The third-order valence-electron chi connectivity index (χ3n) is 0.787. The van der Waals surface area contributed by atoms with Crippen LogP contribution in [0.3, 0.4) is 0 Å². The molecule has 4 heteroatoms. The number of hydrogen-bond acceptors (Lipinski definition) is 2. The lowest BCUT2D eigenvalue weighted by Gasteiger charge is -1.92. The second-order valence-corrected chi connectivity index (χ2v) is 2.21. The van der Waals surface area contributed by atoms with Crippen molar-refractivity contribution in [2.45, 2.75) is 0 Å². The van der Waals surface area contributed by atoms with E-state index in [4.69, 9.17) is 5.11 Å². The molecule has 0 aliphatic carbocycles. The number of nitrogens with zero attached hydrogens (tertiary/aromatic N) is 1. The first-order chi connectivity index (χ1) is 4.20. The number of halogens is 2. The summed E-state index contributed by atoms with van der Waals surface area (Å²) in [4.78, 5) is 3.47. The molecule has 0 aliphatic heterocycles. The molecule has 1 heterocycles.